The average molecular weight is 270 g/mol. The minimum Gasteiger partial charge on any atom is -0.295 e. The van der Waals surface area contributed by atoms with Gasteiger partial charge in [-0.25, -0.2) is 0 Å². The van der Waals surface area contributed by atoms with Crippen LogP contribution >= 0.6 is 0 Å². The maximum atomic E-state index is 11.9. The number of carbonyl (C=O) groups is 1. The molecule has 20 heavy (non-hydrogen) atoms. The largest absolute Gasteiger partial charge is 0.295 e. The van der Waals surface area contributed by atoms with Gasteiger partial charge in [0.05, 0.1) is 0 Å². The summed E-state index contributed by atoms with van der Waals surface area (Å²) in [7, 11) is 0. The van der Waals surface area contributed by atoms with E-state index >= 15 is 0 Å². The summed E-state index contributed by atoms with van der Waals surface area (Å²) >= 11 is 0. The van der Waals surface area contributed by atoms with Crippen molar-refractivity contribution in [2.75, 3.05) is 0 Å². The van der Waals surface area contributed by atoms with E-state index in [9.17, 15) is 4.79 Å². The number of hydrogen-bond donors (Lipinski definition) is 0. The fraction of sp³-hybridized carbons (Fsp3) is 0.632. The molecule has 2 unspecified atom stereocenters. The first-order valence-corrected chi connectivity index (χ1v) is 7.92. The summed E-state index contributed by atoms with van der Waals surface area (Å²) in [6, 6.07) is 4.53. The number of rotatable bonds is 1. The molecule has 1 nitrogen and oxygen atoms in total. The first-order valence-electron chi connectivity index (χ1n) is 7.92. The van der Waals surface area contributed by atoms with Crippen LogP contribution in [0.3, 0.4) is 0 Å². The van der Waals surface area contributed by atoms with Crippen molar-refractivity contribution in [1.29, 1.82) is 0 Å². The Morgan fingerprint density at radius 3 is 2.55 bits per heavy atom. The molecule has 2 aliphatic carbocycles. The molecular formula is C19H26O. The molecule has 0 N–H and O–H groups in total. The molecule has 1 aromatic carbocycles. The molecule has 0 bridgehead atoms. The van der Waals surface area contributed by atoms with Gasteiger partial charge in [0, 0.05) is 5.56 Å². The zero-order valence-corrected chi connectivity index (χ0v) is 13.5. The second kappa shape index (κ2) is 4.19. The number of benzene rings is 1. The van der Waals surface area contributed by atoms with E-state index in [0.717, 1.165) is 17.0 Å². The minimum absolute atomic E-state index is 0.194. The van der Waals surface area contributed by atoms with Crippen LogP contribution in [-0.2, 0) is 10.8 Å². The number of aryl methyl sites for hydroxylation is 1. The fourth-order valence-corrected chi connectivity index (χ4v) is 4.77. The molecule has 1 heteroatoms. The molecule has 0 spiro atoms. The molecule has 1 fully saturated rings. The van der Waals surface area contributed by atoms with E-state index in [2.05, 4.69) is 39.8 Å². The molecule has 0 aromatic heterocycles. The topological polar surface area (TPSA) is 17.1 Å². The van der Waals surface area contributed by atoms with Crippen molar-refractivity contribution < 1.29 is 4.79 Å². The molecule has 0 amide bonds. The van der Waals surface area contributed by atoms with Crippen LogP contribution < -0.4 is 0 Å². The van der Waals surface area contributed by atoms with Gasteiger partial charge in [0.2, 0.25) is 0 Å². The predicted molar refractivity (Wildman–Crippen MR) is 83.5 cm³/mol. The Kier molecular flexibility index (Phi) is 2.90. The lowest BCUT2D eigenvalue weighted by Gasteiger charge is -2.46. The van der Waals surface area contributed by atoms with Gasteiger partial charge >= 0.3 is 0 Å². The second-order valence-corrected chi connectivity index (χ2v) is 7.86. The molecule has 1 saturated carbocycles. The van der Waals surface area contributed by atoms with Crippen molar-refractivity contribution in [2.24, 2.45) is 5.92 Å². The molecule has 108 valence electrons. The third kappa shape index (κ3) is 1.78. The van der Waals surface area contributed by atoms with Gasteiger partial charge in [0.15, 0.2) is 5.78 Å². The van der Waals surface area contributed by atoms with E-state index in [0.29, 0.717) is 5.41 Å². The first kappa shape index (κ1) is 13.9. The van der Waals surface area contributed by atoms with Crippen LogP contribution in [0, 0.1) is 12.8 Å². The normalized spacial score (nSPS) is 30.8. The lowest BCUT2D eigenvalue weighted by molar-refractivity contribution is 0.101. The summed E-state index contributed by atoms with van der Waals surface area (Å²) in [5.41, 5.74) is 5.55. The van der Waals surface area contributed by atoms with Gasteiger partial charge in [0.1, 0.15) is 0 Å². The van der Waals surface area contributed by atoms with Crippen molar-refractivity contribution >= 4 is 5.78 Å². The molecule has 0 saturated heterocycles. The van der Waals surface area contributed by atoms with Crippen molar-refractivity contribution in [3.63, 3.8) is 0 Å². The zero-order valence-electron chi connectivity index (χ0n) is 13.5. The van der Waals surface area contributed by atoms with Crippen molar-refractivity contribution in [1.82, 2.24) is 0 Å². The highest BCUT2D eigenvalue weighted by Gasteiger charge is 2.49. The Balaban J connectivity index is 2.26. The monoisotopic (exact) mass is 270 g/mol. The lowest BCUT2D eigenvalue weighted by atomic mass is 9.58. The summed E-state index contributed by atoms with van der Waals surface area (Å²) < 4.78 is 0. The second-order valence-electron chi connectivity index (χ2n) is 7.86. The zero-order chi connectivity index (χ0) is 14.7. The number of fused-ring (bicyclic) bond motifs is 3. The van der Waals surface area contributed by atoms with E-state index in [1.54, 1.807) is 6.92 Å². The van der Waals surface area contributed by atoms with Gasteiger partial charge in [-0.1, -0.05) is 33.3 Å². The van der Waals surface area contributed by atoms with E-state index < -0.39 is 0 Å². The smallest absolute Gasteiger partial charge is 0.160 e. The van der Waals surface area contributed by atoms with Crippen molar-refractivity contribution in [2.45, 2.75) is 71.1 Å². The average Bonchev–Trinajstić information content (AvgIpc) is 2.70. The van der Waals surface area contributed by atoms with E-state index in [1.165, 1.54) is 36.8 Å². The molecule has 3 rings (SSSR count). The molecule has 0 heterocycles. The molecular weight excluding hydrogens is 244 g/mol. The van der Waals surface area contributed by atoms with Crippen LogP contribution in [0.2, 0.25) is 0 Å². The summed E-state index contributed by atoms with van der Waals surface area (Å²) in [5.74, 6) is 1.01. The summed E-state index contributed by atoms with van der Waals surface area (Å²) in [5, 5.41) is 0. The van der Waals surface area contributed by atoms with Crippen LogP contribution in [0.5, 0.6) is 0 Å². The highest BCUT2D eigenvalue weighted by Crippen LogP contribution is 2.56. The summed E-state index contributed by atoms with van der Waals surface area (Å²) in [6.07, 6.45) is 5.29. The Bertz CT molecular complexity index is 582. The molecule has 0 aliphatic heterocycles. The van der Waals surface area contributed by atoms with Crippen LogP contribution in [-0.4, -0.2) is 5.78 Å². The van der Waals surface area contributed by atoms with Crippen LogP contribution in [0.25, 0.3) is 0 Å². The molecule has 2 atom stereocenters. The number of Topliss-reactive ketones (excluding diaryl/α,β-unsaturated/α-hetero) is 1. The summed E-state index contributed by atoms with van der Waals surface area (Å²) in [4.78, 5) is 11.9. The van der Waals surface area contributed by atoms with Gasteiger partial charge in [-0.15, -0.1) is 0 Å². The highest BCUT2D eigenvalue weighted by molar-refractivity contribution is 5.96. The first-order chi connectivity index (χ1) is 9.25. The minimum atomic E-state index is 0.194. The molecule has 1 aromatic rings. The van der Waals surface area contributed by atoms with Gasteiger partial charge < -0.3 is 0 Å². The Morgan fingerprint density at radius 1 is 1.20 bits per heavy atom. The SMILES string of the molecule is CC(=O)c1cc2c(cc1C)C1(C)CCCC1CC2(C)C. The standard InChI is InChI=1S/C19H26O/c1-12-9-17-16(10-15(12)13(2)20)18(3,4)11-14-7-6-8-19(14,17)5/h9-10,14H,6-8,11H2,1-5H3. The Hall–Kier alpha value is -1.11. The highest BCUT2D eigenvalue weighted by atomic mass is 16.1. The lowest BCUT2D eigenvalue weighted by Crippen LogP contribution is -2.40. The number of hydrogen-bond acceptors (Lipinski definition) is 1. The van der Waals surface area contributed by atoms with Crippen molar-refractivity contribution in [3.8, 4) is 0 Å². The molecule has 2 aliphatic rings. The van der Waals surface area contributed by atoms with Gasteiger partial charge in [-0.05, 0) is 72.6 Å². The van der Waals surface area contributed by atoms with Gasteiger partial charge in [0.25, 0.3) is 0 Å². The van der Waals surface area contributed by atoms with Gasteiger partial charge in [-0.2, -0.15) is 0 Å². The fourth-order valence-electron chi connectivity index (χ4n) is 4.77. The van der Waals surface area contributed by atoms with E-state index in [-0.39, 0.29) is 11.2 Å². The van der Waals surface area contributed by atoms with Crippen LogP contribution in [0.4, 0.5) is 0 Å². The quantitative estimate of drug-likeness (QED) is 0.661. The third-order valence-corrected chi connectivity index (χ3v) is 5.99. The summed E-state index contributed by atoms with van der Waals surface area (Å²) in [6.45, 7) is 10.9. The van der Waals surface area contributed by atoms with Crippen LogP contribution in [0.1, 0.15) is 80.4 Å². The number of carbonyl (C=O) groups excluding carboxylic acids is 1. The Morgan fingerprint density at radius 2 is 1.90 bits per heavy atom. The third-order valence-electron chi connectivity index (χ3n) is 5.99. The van der Waals surface area contributed by atoms with Gasteiger partial charge in [-0.3, -0.25) is 4.79 Å². The maximum Gasteiger partial charge on any atom is 0.160 e. The predicted octanol–water partition coefficient (Wildman–Crippen LogP) is 4.94. The van der Waals surface area contributed by atoms with E-state index in [1.807, 2.05) is 0 Å². The van der Waals surface area contributed by atoms with E-state index in [4.69, 9.17) is 0 Å². The molecule has 0 radical (unpaired) electrons. The Labute approximate surface area is 122 Å². The maximum absolute atomic E-state index is 11.9. The van der Waals surface area contributed by atoms with Crippen LogP contribution in [0.15, 0.2) is 12.1 Å². The van der Waals surface area contributed by atoms with Crippen molar-refractivity contribution in [3.05, 3.63) is 34.4 Å². The number of ketones is 1.